The van der Waals surface area contributed by atoms with E-state index in [1.54, 1.807) is 0 Å². The monoisotopic (exact) mass is 291 g/mol. The van der Waals surface area contributed by atoms with Gasteiger partial charge in [-0.05, 0) is 43.7 Å². The first-order chi connectivity index (χ1) is 10.1. The molecule has 2 N–H and O–H groups in total. The van der Waals surface area contributed by atoms with Crippen LogP contribution in [-0.4, -0.2) is 29.9 Å². The molecule has 21 heavy (non-hydrogen) atoms. The number of hydrogen-bond acceptors (Lipinski definition) is 3. The molecule has 0 spiro atoms. The van der Waals surface area contributed by atoms with Crippen molar-refractivity contribution in [1.29, 1.82) is 0 Å². The predicted molar refractivity (Wildman–Crippen MR) is 86.7 cm³/mol. The average molecular weight is 291 g/mol. The molecule has 0 amide bonds. The fourth-order valence-electron chi connectivity index (χ4n) is 3.61. The standard InChI is InChI=1S/C18H29NO2/c1-14(2)19-18(13-20)11-6-8-16(18)10-12-21-17-9-5-4-7-15(17)3/h4-5,7,9,14,16,19-20H,6,8,10-13H2,1-3H3. The van der Waals surface area contributed by atoms with E-state index in [4.69, 9.17) is 4.74 Å². The van der Waals surface area contributed by atoms with Crippen molar-refractivity contribution in [3.05, 3.63) is 29.8 Å². The van der Waals surface area contributed by atoms with E-state index in [1.807, 2.05) is 18.2 Å². The summed E-state index contributed by atoms with van der Waals surface area (Å²) in [6.07, 6.45) is 4.43. The van der Waals surface area contributed by atoms with Gasteiger partial charge in [0.2, 0.25) is 0 Å². The van der Waals surface area contributed by atoms with Crippen LogP contribution in [0.1, 0.15) is 45.1 Å². The van der Waals surface area contributed by atoms with Gasteiger partial charge in [0.15, 0.2) is 0 Å². The molecular formula is C18H29NO2. The molecule has 2 unspecified atom stereocenters. The van der Waals surface area contributed by atoms with Gasteiger partial charge in [-0.2, -0.15) is 0 Å². The highest BCUT2D eigenvalue weighted by Crippen LogP contribution is 2.38. The molecule has 0 heterocycles. The summed E-state index contributed by atoms with van der Waals surface area (Å²) in [4.78, 5) is 0. The lowest BCUT2D eigenvalue weighted by atomic mass is 9.85. The summed E-state index contributed by atoms with van der Waals surface area (Å²) in [6.45, 7) is 7.31. The molecule has 1 saturated carbocycles. The van der Waals surface area contributed by atoms with Gasteiger partial charge in [-0.1, -0.05) is 38.5 Å². The van der Waals surface area contributed by atoms with Crippen LogP contribution in [0.15, 0.2) is 24.3 Å². The fourth-order valence-corrected chi connectivity index (χ4v) is 3.61. The maximum atomic E-state index is 9.89. The normalized spacial score (nSPS) is 25.5. The Morgan fingerprint density at radius 3 is 2.81 bits per heavy atom. The highest BCUT2D eigenvalue weighted by atomic mass is 16.5. The minimum Gasteiger partial charge on any atom is -0.493 e. The van der Waals surface area contributed by atoms with Gasteiger partial charge in [0.05, 0.1) is 13.2 Å². The van der Waals surface area contributed by atoms with Crippen LogP contribution in [-0.2, 0) is 0 Å². The number of hydrogen-bond donors (Lipinski definition) is 2. The Kier molecular flexibility index (Phi) is 5.65. The molecule has 0 aliphatic heterocycles. The summed E-state index contributed by atoms with van der Waals surface area (Å²) in [5.74, 6) is 1.47. The van der Waals surface area contributed by atoms with Crippen molar-refractivity contribution in [2.75, 3.05) is 13.2 Å². The highest BCUT2D eigenvalue weighted by Gasteiger charge is 2.42. The third-order valence-electron chi connectivity index (χ3n) is 4.63. The first kappa shape index (κ1) is 16.3. The summed E-state index contributed by atoms with van der Waals surface area (Å²) >= 11 is 0. The van der Waals surface area contributed by atoms with Crippen molar-refractivity contribution in [2.45, 2.75) is 58.0 Å². The Labute approximate surface area is 128 Å². The van der Waals surface area contributed by atoms with Gasteiger partial charge in [-0.3, -0.25) is 0 Å². The summed E-state index contributed by atoms with van der Waals surface area (Å²) in [6, 6.07) is 8.53. The Morgan fingerprint density at radius 1 is 1.38 bits per heavy atom. The van der Waals surface area contributed by atoms with Gasteiger partial charge in [0.1, 0.15) is 5.75 Å². The Hall–Kier alpha value is -1.06. The molecule has 1 aliphatic carbocycles. The molecule has 1 aliphatic rings. The third kappa shape index (κ3) is 3.98. The number of ether oxygens (including phenoxy) is 1. The molecule has 2 rings (SSSR count). The number of aliphatic hydroxyl groups excluding tert-OH is 1. The summed E-state index contributed by atoms with van der Waals surface area (Å²) < 4.78 is 5.93. The minimum absolute atomic E-state index is 0.108. The average Bonchev–Trinajstić information content (AvgIpc) is 2.84. The second-order valence-corrected chi connectivity index (χ2v) is 6.61. The van der Waals surface area contributed by atoms with E-state index in [0.717, 1.165) is 25.2 Å². The van der Waals surface area contributed by atoms with Gasteiger partial charge >= 0.3 is 0 Å². The SMILES string of the molecule is Cc1ccccc1OCCC1CCCC1(CO)NC(C)C. The number of aryl methyl sites for hydroxylation is 1. The summed E-state index contributed by atoms with van der Waals surface area (Å²) in [5.41, 5.74) is 1.07. The van der Waals surface area contributed by atoms with E-state index in [9.17, 15) is 5.11 Å². The van der Waals surface area contributed by atoms with Crippen LogP contribution in [0, 0.1) is 12.8 Å². The first-order valence-electron chi connectivity index (χ1n) is 8.14. The maximum Gasteiger partial charge on any atom is 0.122 e. The van der Waals surface area contributed by atoms with Crippen LogP contribution < -0.4 is 10.1 Å². The summed E-state index contributed by atoms with van der Waals surface area (Å²) in [5, 5.41) is 13.5. The predicted octanol–water partition coefficient (Wildman–Crippen LogP) is 3.29. The molecule has 1 aromatic carbocycles. The second kappa shape index (κ2) is 7.28. The van der Waals surface area contributed by atoms with Crippen LogP contribution in [0.5, 0.6) is 5.75 Å². The molecule has 0 radical (unpaired) electrons. The largest absolute Gasteiger partial charge is 0.493 e. The number of aliphatic hydroxyl groups is 1. The van der Waals surface area contributed by atoms with Crippen molar-refractivity contribution in [3.63, 3.8) is 0 Å². The lowest BCUT2D eigenvalue weighted by molar-refractivity contribution is 0.102. The van der Waals surface area contributed by atoms with Gasteiger partial charge in [0, 0.05) is 11.6 Å². The molecule has 0 saturated heterocycles. The summed E-state index contributed by atoms with van der Waals surface area (Å²) in [7, 11) is 0. The molecule has 118 valence electrons. The minimum atomic E-state index is -0.108. The van der Waals surface area contributed by atoms with Crippen LogP contribution in [0.25, 0.3) is 0 Å². The van der Waals surface area contributed by atoms with Gasteiger partial charge in [-0.25, -0.2) is 0 Å². The Balaban J connectivity index is 1.91. The number of benzene rings is 1. The zero-order valence-corrected chi connectivity index (χ0v) is 13.6. The van der Waals surface area contributed by atoms with E-state index in [2.05, 4.69) is 32.2 Å². The number of nitrogens with one attached hydrogen (secondary N) is 1. The smallest absolute Gasteiger partial charge is 0.122 e. The van der Waals surface area contributed by atoms with E-state index < -0.39 is 0 Å². The van der Waals surface area contributed by atoms with Gasteiger partial charge in [0.25, 0.3) is 0 Å². The number of para-hydroxylation sites is 1. The van der Waals surface area contributed by atoms with Crippen LogP contribution in [0.3, 0.4) is 0 Å². The van der Waals surface area contributed by atoms with Crippen LogP contribution in [0.2, 0.25) is 0 Å². The van der Waals surface area contributed by atoms with E-state index in [-0.39, 0.29) is 12.1 Å². The van der Waals surface area contributed by atoms with Crippen molar-refractivity contribution < 1.29 is 9.84 Å². The molecule has 3 heteroatoms. The van der Waals surface area contributed by atoms with Crippen LogP contribution >= 0.6 is 0 Å². The quantitative estimate of drug-likeness (QED) is 0.810. The van der Waals surface area contributed by atoms with E-state index in [0.29, 0.717) is 12.0 Å². The highest BCUT2D eigenvalue weighted by molar-refractivity contribution is 5.31. The van der Waals surface area contributed by atoms with Crippen molar-refractivity contribution in [2.24, 2.45) is 5.92 Å². The van der Waals surface area contributed by atoms with Gasteiger partial charge < -0.3 is 15.2 Å². The zero-order chi connectivity index (χ0) is 15.3. The van der Waals surface area contributed by atoms with Crippen molar-refractivity contribution in [1.82, 2.24) is 5.32 Å². The Bertz CT molecular complexity index is 447. The lowest BCUT2D eigenvalue weighted by Crippen LogP contribution is -2.54. The molecule has 0 aromatic heterocycles. The van der Waals surface area contributed by atoms with Crippen molar-refractivity contribution >= 4 is 0 Å². The zero-order valence-electron chi connectivity index (χ0n) is 13.6. The molecular weight excluding hydrogens is 262 g/mol. The van der Waals surface area contributed by atoms with E-state index in [1.165, 1.54) is 18.4 Å². The maximum absolute atomic E-state index is 9.89. The third-order valence-corrected chi connectivity index (χ3v) is 4.63. The number of rotatable bonds is 7. The molecule has 3 nitrogen and oxygen atoms in total. The topological polar surface area (TPSA) is 41.5 Å². The van der Waals surface area contributed by atoms with E-state index >= 15 is 0 Å². The molecule has 0 bridgehead atoms. The Morgan fingerprint density at radius 2 is 2.14 bits per heavy atom. The second-order valence-electron chi connectivity index (χ2n) is 6.61. The molecule has 1 aromatic rings. The van der Waals surface area contributed by atoms with Crippen LogP contribution in [0.4, 0.5) is 0 Å². The molecule has 1 fully saturated rings. The first-order valence-corrected chi connectivity index (χ1v) is 8.14. The fraction of sp³-hybridized carbons (Fsp3) is 0.667. The lowest BCUT2D eigenvalue weighted by Gasteiger charge is -2.37. The van der Waals surface area contributed by atoms with Gasteiger partial charge in [-0.15, -0.1) is 0 Å². The molecule has 2 atom stereocenters. The van der Waals surface area contributed by atoms with Crippen molar-refractivity contribution in [3.8, 4) is 5.75 Å².